The Morgan fingerprint density at radius 2 is 2.14 bits per heavy atom. The van der Waals surface area contributed by atoms with Crippen LogP contribution in [0.1, 0.15) is 11.8 Å². The van der Waals surface area contributed by atoms with Crippen LogP contribution in [-0.2, 0) is 0 Å². The molecule has 0 fully saturated rings. The molecule has 0 amide bonds. The lowest BCUT2D eigenvalue weighted by Gasteiger charge is -1.92. The van der Waals surface area contributed by atoms with Crippen LogP contribution in [0, 0.1) is 11.8 Å². The van der Waals surface area contributed by atoms with Gasteiger partial charge in [-0.3, -0.25) is 4.98 Å². The topological polar surface area (TPSA) is 12.9 Å². The van der Waals surface area contributed by atoms with Crippen molar-refractivity contribution in [1.82, 2.24) is 4.98 Å². The number of hydrogen-bond donors (Lipinski definition) is 0. The van der Waals surface area contributed by atoms with Gasteiger partial charge in [-0.05, 0) is 31.2 Å². The molecule has 0 aliphatic heterocycles. The summed E-state index contributed by atoms with van der Waals surface area (Å²) in [6, 6.07) is 10.0. The predicted octanol–water partition coefficient (Wildman–Crippen LogP) is 3.18. The van der Waals surface area contributed by atoms with Crippen LogP contribution in [0.2, 0.25) is 0 Å². The SMILES string of the molecule is CC#Cc1ccc(-c2ccccn2)s1. The van der Waals surface area contributed by atoms with Crippen molar-refractivity contribution in [3.63, 3.8) is 0 Å². The average molecular weight is 199 g/mol. The average Bonchev–Trinajstić information content (AvgIpc) is 2.68. The Balaban J connectivity index is 2.37. The Morgan fingerprint density at radius 3 is 2.86 bits per heavy atom. The molecule has 2 rings (SSSR count). The monoisotopic (exact) mass is 199 g/mol. The molecule has 0 aromatic carbocycles. The second kappa shape index (κ2) is 4.08. The molecule has 0 bridgehead atoms. The fourth-order valence-electron chi connectivity index (χ4n) is 1.17. The van der Waals surface area contributed by atoms with Gasteiger partial charge in [0, 0.05) is 6.20 Å². The van der Waals surface area contributed by atoms with Crippen molar-refractivity contribution in [2.45, 2.75) is 6.92 Å². The summed E-state index contributed by atoms with van der Waals surface area (Å²) in [5.41, 5.74) is 1.02. The molecule has 0 spiro atoms. The van der Waals surface area contributed by atoms with E-state index in [-0.39, 0.29) is 0 Å². The Kier molecular flexibility index (Phi) is 2.62. The quantitative estimate of drug-likeness (QED) is 0.643. The Bertz CT molecular complexity index is 474. The minimum atomic E-state index is 1.02. The van der Waals surface area contributed by atoms with Crippen LogP contribution in [0.4, 0.5) is 0 Å². The predicted molar refractivity (Wildman–Crippen MR) is 60.1 cm³/mol. The van der Waals surface area contributed by atoms with Crippen molar-refractivity contribution in [2.75, 3.05) is 0 Å². The van der Waals surface area contributed by atoms with Gasteiger partial charge in [0.05, 0.1) is 15.4 Å². The van der Waals surface area contributed by atoms with E-state index in [9.17, 15) is 0 Å². The molecular weight excluding hydrogens is 190 g/mol. The molecule has 0 radical (unpaired) electrons. The highest BCUT2D eigenvalue weighted by atomic mass is 32.1. The third kappa shape index (κ3) is 1.84. The van der Waals surface area contributed by atoms with Crippen LogP contribution in [0.15, 0.2) is 36.5 Å². The summed E-state index contributed by atoms with van der Waals surface area (Å²) in [5.74, 6) is 5.93. The van der Waals surface area contributed by atoms with E-state index in [0.29, 0.717) is 0 Å². The molecule has 0 N–H and O–H groups in total. The summed E-state index contributed by atoms with van der Waals surface area (Å²) in [5, 5.41) is 0. The van der Waals surface area contributed by atoms with Gasteiger partial charge in [0.1, 0.15) is 0 Å². The molecule has 14 heavy (non-hydrogen) atoms. The number of nitrogens with zero attached hydrogens (tertiary/aromatic N) is 1. The van der Waals surface area contributed by atoms with Gasteiger partial charge in [-0.25, -0.2) is 0 Å². The van der Waals surface area contributed by atoms with E-state index in [1.165, 1.54) is 4.88 Å². The fraction of sp³-hybridized carbons (Fsp3) is 0.0833. The summed E-state index contributed by atoms with van der Waals surface area (Å²) >= 11 is 1.67. The van der Waals surface area contributed by atoms with Gasteiger partial charge in [-0.2, -0.15) is 0 Å². The summed E-state index contributed by atoms with van der Waals surface area (Å²) in [6.07, 6.45) is 1.81. The van der Waals surface area contributed by atoms with E-state index < -0.39 is 0 Å². The summed E-state index contributed by atoms with van der Waals surface area (Å²) < 4.78 is 0. The standard InChI is InChI=1S/C12H9NS/c1-2-5-10-7-8-12(14-10)11-6-3-4-9-13-11/h3-4,6-9H,1H3. The third-order valence-electron chi connectivity index (χ3n) is 1.77. The first-order chi connectivity index (χ1) is 6.90. The largest absolute Gasteiger partial charge is 0.255 e. The number of rotatable bonds is 1. The highest BCUT2D eigenvalue weighted by Gasteiger charge is 2.00. The van der Waals surface area contributed by atoms with Crippen molar-refractivity contribution in [3.05, 3.63) is 41.4 Å². The molecule has 0 aliphatic rings. The minimum Gasteiger partial charge on any atom is -0.255 e. The number of hydrogen-bond acceptors (Lipinski definition) is 2. The molecule has 0 saturated heterocycles. The van der Waals surface area contributed by atoms with E-state index in [4.69, 9.17) is 0 Å². The lowest BCUT2D eigenvalue weighted by molar-refractivity contribution is 1.34. The van der Waals surface area contributed by atoms with Gasteiger partial charge in [0.2, 0.25) is 0 Å². The maximum atomic E-state index is 4.28. The van der Waals surface area contributed by atoms with Crippen molar-refractivity contribution >= 4 is 11.3 Å². The van der Waals surface area contributed by atoms with Crippen LogP contribution in [0.5, 0.6) is 0 Å². The van der Waals surface area contributed by atoms with E-state index in [1.54, 1.807) is 17.5 Å². The van der Waals surface area contributed by atoms with E-state index >= 15 is 0 Å². The van der Waals surface area contributed by atoms with Crippen molar-refractivity contribution in [3.8, 4) is 22.4 Å². The molecular formula is C12H9NS. The summed E-state index contributed by atoms with van der Waals surface area (Å²) in [7, 11) is 0. The summed E-state index contributed by atoms with van der Waals surface area (Å²) in [6.45, 7) is 1.85. The first-order valence-corrected chi connectivity index (χ1v) is 5.16. The second-order valence-corrected chi connectivity index (χ2v) is 3.84. The van der Waals surface area contributed by atoms with E-state index in [0.717, 1.165) is 10.6 Å². The lowest BCUT2D eigenvalue weighted by atomic mass is 10.3. The first-order valence-electron chi connectivity index (χ1n) is 4.34. The zero-order chi connectivity index (χ0) is 9.80. The minimum absolute atomic E-state index is 1.02. The van der Waals surface area contributed by atoms with Crippen molar-refractivity contribution in [1.29, 1.82) is 0 Å². The van der Waals surface area contributed by atoms with E-state index in [2.05, 4.69) is 22.9 Å². The van der Waals surface area contributed by atoms with Crippen LogP contribution >= 0.6 is 11.3 Å². The van der Waals surface area contributed by atoms with Crippen LogP contribution in [0.3, 0.4) is 0 Å². The molecule has 0 saturated carbocycles. The van der Waals surface area contributed by atoms with Gasteiger partial charge in [-0.1, -0.05) is 12.0 Å². The van der Waals surface area contributed by atoms with Gasteiger partial charge >= 0.3 is 0 Å². The molecule has 2 aromatic rings. The summed E-state index contributed by atoms with van der Waals surface area (Å²) in [4.78, 5) is 6.55. The van der Waals surface area contributed by atoms with E-state index in [1.807, 2.05) is 31.2 Å². The normalized spacial score (nSPS) is 9.21. The molecule has 2 heteroatoms. The highest BCUT2D eigenvalue weighted by Crippen LogP contribution is 2.25. The van der Waals surface area contributed by atoms with Gasteiger partial charge in [-0.15, -0.1) is 17.3 Å². The number of pyridine rings is 1. The molecule has 2 aromatic heterocycles. The molecule has 2 heterocycles. The Labute approximate surface area is 87.4 Å². The number of aromatic nitrogens is 1. The van der Waals surface area contributed by atoms with Gasteiger partial charge in [0.15, 0.2) is 0 Å². The molecule has 0 unspecified atom stereocenters. The number of thiophene rings is 1. The first kappa shape index (κ1) is 8.98. The van der Waals surface area contributed by atoms with Gasteiger partial charge in [0.25, 0.3) is 0 Å². The van der Waals surface area contributed by atoms with Crippen molar-refractivity contribution in [2.24, 2.45) is 0 Å². The third-order valence-corrected chi connectivity index (χ3v) is 2.79. The van der Waals surface area contributed by atoms with Crippen LogP contribution in [0.25, 0.3) is 10.6 Å². The second-order valence-electron chi connectivity index (χ2n) is 2.75. The smallest absolute Gasteiger partial charge is 0.0802 e. The Hall–Kier alpha value is -1.59. The Morgan fingerprint density at radius 1 is 1.21 bits per heavy atom. The zero-order valence-corrected chi connectivity index (χ0v) is 8.64. The van der Waals surface area contributed by atoms with Gasteiger partial charge < -0.3 is 0 Å². The fourth-order valence-corrected chi connectivity index (χ4v) is 2.06. The molecule has 68 valence electrons. The molecule has 0 atom stereocenters. The molecule has 0 aliphatic carbocycles. The highest BCUT2D eigenvalue weighted by molar-refractivity contribution is 7.16. The zero-order valence-electron chi connectivity index (χ0n) is 7.82. The van der Waals surface area contributed by atoms with Crippen molar-refractivity contribution < 1.29 is 0 Å². The maximum Gasteiger partial charge on any atom is 0.0802 e. The van der Waals surface area contributed by atoms with Crippen LogP contribution < -0.4 is 0 Å². The van der Waals surface area contributed by atoms with Crippen LogP contribution in [-0.4, -0.2) is 4.98 Å². The molecule has 1 nitrogen and oxygen atoms in total. The lowest BCUT2D eigenvalue weighted by Crippen LogP contribution is -1.75. The maximum absolute atomic E-state index is 4.28.